The van der Waals surface area contributed by atoms with E-state index >= 15 is 0 Å². The molecule has 8 nitrogen and oxygen atoms in total. The van der Waals surface area contributed by atoms with E-state index in [9.17, 15) is 14.7 Å². The lowest BCUT2D eigenvalue weighted by Crippen LogP contribution is -2.35. The molecule has 0 unspecified atom stereocenters. The number of benzene rings is 3. The highest BCUT2D eigenvalue weighted by Gasteiger charge is 2.19. The summed E-state index contributed by atoms with van der Waals surface area (Å²) in [6, 6.07) is 25.3. The van der Waals surface area contributed by atoms with E-state index in [0.29, 0.717) is 17.0 Å². The van der Waals surface area contributed by atoms with Crippen molar-refractivity contribution in [1.29, 1.82) is 5.41 Å². The Morgan fingerprint density at radius 2 is 1.54 bits per heavy atom. The molecule has 1 amide bonds. The van der Waals surface area contributed by atoms with Crippen LogP contribution in [0.15, 0.2) is 90.0 Å². The van der Waals surface area contributed by atoms with Crippen LogP contribution < -0.4 is 9.75 Å². The fraction of sp³-hybridized carbons (Fsp3) is 0.185. The highest BCUT2D eigenvalue weighted by Crippen LogP contribution is 2.16. The van der Waals surface area contributed by atoms with Crippen LogP contribution in [0.1, 0.15) is 22.8 Å². The molecule has 0 aliphatic rings. The van der Waals surface area contributed by atoms with Crippen LogP contribution >= 0.6 is 0 Å². The van der Waals surface area contributed by atoms with Crippen LogP contribution in [-0.2, 0) is 11.3 Å². The topological polar surface area (TPSA) is 106 Å². The lowest BCUT2D eigenvalue weighted by Gasteiger charge is -2.21. The molecule has 2 N–H and O–H groups in total. The van der Waals surface area contributed by atoms with Gasteiger partial charge in [-0.25, -0.2) is 0 Å². The Balaban J connectivity index is 1.58. The number of hydrogen-bond acceptors (Lipinski definition) is 6. The van der Waals surface area contributed by atoms with Gasteiger partial charge in [-0.1, -0.05) is 48.5 Å². The summed E-state index contributed by atoms with van der Waals surface area (Å²) in [7, 11) is 1.82. The minimum absolute atomic E-state index is 0.0505. The predicted molar refractivity (Wildman–Crippen MR) is 136 cm³/mol. The summed E-state index contributed by atoms with van der Waals surface area (Å²) in [5.41, 5.74) is 2.90. The SMILES string of the molecule is C/C(=N/N(C)c1ccccc1)C(=N)COc1ccc(CN(CC(=O)O)C(=O)c2ccccc2)cc1. The van der Waals surface area contributed by atoms with Crippen LogP contribution in [0.5, 0.6) is 5.75 Å². The highest BCUT2D eigenvalue weighted by atomic mass is 16.5. The van der Waals surface area contributed by atoms with Crippen LogP contribution in [0.2, 0.25) is 0 Å². The van der Waals surface area contributed by atoms with Crippen molar-refractivity contribution in [1.82, 2.24) is 4.90 Å². The maximum Gasteiger partial charge on any atom is 0.323 e. The van der Waals surface area contributed by atoms with Crippen molar-refractivity contribution < 1.29 is 19.4 Å². The van der Waals surface area contributed by atoms with Crippen molar-refractivity contribution in [3.63, 3.8) is 0 Å². The zero-order valence-corrected chi connectivity index (χ0v) is 19.7. The first-order chi connectivity index (χ1) is 16.8. The molecule has 3 rings (SSSR count). The number of anilines is 1. The third-order valence-corrected chi connectivity index (χ3v) is 5.18. The molecule has 3 aromatic carbocycles. The van der Waals surface area contributed by atoms with E-state index < -0.39 is 12.5 Å². The van der Waals surface area contributed by atoms with Crippen molar-refractivity contribution in [2.75, 3.05) is 25.2 Å². The van der Waals surface area contributed by atoms with Gasteiger partial charge in [0.1, 0.15) is 18.9 Å². The maximum atomic E-state index is 12.8. The van der Waals surface area contributed by atoms with Crippen LogP contribution in [-0.4, -0.2) is 53.5 Å². The molecule has 0 bridgehead atoms. The summed E-state index contributed by atoms with van der Waals surface area (Å²) in [5.74, 6) is -0.874. The zero-order valence-electron chi connectivity index (χ0n) is 19.7. The second kappa shape index (κ2) is 12.1. The monoisotopic (exact) mass is 472 g/mol. The van der Waals surface area contributed by atoms with E-state index in [-0.39, 0.29) is 24.8 Å². The molecule has 0 atom stereocenters. The molecule has 180 valence electrons. The Morgan fingerprint density at radius 3 is 2.14 bits per heavy atom. The summed E-state index contributed by atoms with van der Waals surface area (Å²) in [6.45, 7) is 1.55. The van der Waals surface area contributed by atoms with E-state index in [1.165, 1.54) is 4.90 Å². The van der Waals surface area contributed by atoms with E-state index in [2.05, 4.69) is 5.10 Å². The average molecular weight is 473 g/mol. The van der Waals surface area contributed by atoms with Crippen molar-refractivity contribution >= 4 is 29.0 Å². The number of carbonyl (C=O) groups is 2. The number of para-hydroxylation sites is 1. The van der Waals surface area contributed by atoms with Gasteiger partial charge < -0.3 is 14.7 Å². The first-order valence-corrected chi connectivity index (χ1v) is 11.0. The molecule has 0 saturated carbocycles. The van der Waals surface area contributed by atoms with Gasteiger partial charge in [0.2, 0.25) is 0 Å². The van der Waals surface area contributed by atoms with Gasteiger partial charge in [0.25, 0.3) is 5.91 Å². The molecule has 0 fully saturated rings. The first kappa shape index (κ1) is 25.2. The van der Waals surface area contributed by atoms with Crippen molar-refractivity contribution in [3.8, 4) is 5.75 Å². The number of carboxylic acids is 1. The second-order valence-electron chi connectivity index (χ2n) is 7.88. The van der Waals surface area contributed by atoms with E-state index in [1.807, 2.05) is 37.4 Å². The summed E-state index contributed by atoms with van der Waals surface area (Å²) in [5, 5.41) is 23.6. The largest absolute Gasteiger partial charge is 0.487 e. The number of rotatable bonds is 11. The number of nitrogens with one attached hydrogen (secondary N) is 1. The normalized spacial score (nSPS) is 11.0. The fourth-order valence-corrected chi connectivity index (χ4v) is 3.28. The molecule has 0 saturated heterocycles. The molecule has 0 aliphatic carbocycles. The second-order valence-corrected chi connectivity index (χ2v) is 7.88. The quantitative estimate of drug-likeness (QED) is 0.319. The van der Waals surface area contributed by atoms with Gasteiger partial charge >= 0.3 is 5.97 Å². The van der Waals surface area contributed by atoms with Crippen LogP contribution in [0.25, 0.3) is 0 Å². The molecule has 0 aliphatic heterocycles. The van der Waals surface area contributed by atoms with Crippen molar-refractivity contribution in [2.24, 2.45) is 5.10 Å². The van der Waals surface area contributed by atoms with Gasteiger partial charge in [-0.05, 0) is 48.9 Å². The van der Waals surface area contributed by atoms with E-state index in [4.69, 9.17) is 10.1 Å². The maximum absolute atomic E-state index is 12.8. The number of nitrogens with zero attached hydrogens (tertiary/aromatic N) is 3. The molecule has 3 aromatic rings. The number of amides is 1. The van der Waals surface area contributed by atoms with Crippen LogP contribution in [0.4, 0.5) is 5.69 Å². The van der Waals surface area contributed by atoms with Crippen molar-refractivity contribution in [3.05, 3.63) is 96.1 Å². The summed E-state index contributed by atoms with van der Waals surface area (Å²) >= 11 is 0. The molecular formula is C27H28N4O4. The third-order valence-electron chi connectivity index (χ3n) is 5.18. The zero-order chi connectivity index (χ0) is 25.2. The summed E-state index contributed by atoms with van der Waals surface area (Å²) in [6.07, 6.45) is 0. The molecule has 35 heavy (non-hydrogen) atoms. The molecule has 8 heteroatoms. The summed E-state index contributed by atoms with van der Waals surface area (Å²) in [4.78, 5) is 25.3. The van der Waals surface area contributed by atoms with Gasteiger partial charge in [0, 0.05) is 19.2 Å². The van der Waals surface area contributed by atoms with Crippen LogP contribution in [0.3, 0.4) is 0 Å². The van der Waals surface area contributed by atoms with Gasteiger partial charge in [-0.2, -0.15) is 5.10 Å². The minimum atomic E-state index is -1.08. The molecular weight excluding hydrogens is 444 g/mol. The lowest BCUT2D eigenvalue weighted by molar-refractivity contribution is -0.137. The number of carboxylic acid groups (broad SMARTS) is 1. The molecule has 0 aromatic heterocycles. The standard InChI is InChI=1S/C27H28N4O4/c1-20(29-30(2)23-11-7-4-8-12-23)25(28)19-35-24-15-13-21(14-16-24)17-31(18-26(32)33)27(34)22-9-5-3-6-10-22/h3-16,28H,17-19H2,1-2H3,(H,32,33)/b28-25?,29-20-. The number of ether oxygens (including phenoxy) is 1. The fourth-order valence-electron chi connectivity index (χ4n) is 3.28. The van der Waals surface area contributed by atoms with Crippen LogP contribution in [0, 0.1) is 5.41 Å². The Kier molecular flexibility index (Phi) is 8.72. The Labute approximate surface area is 204 Å². The Hall–Kier alpha value is -4.46. The van der Waals surface area contributed by atoms with Gasteiger partial charge in [0.05, 0.1) is 17.1 Å². The molecule has 0 spiro atoms. The average Bonchev–Trinajstić information content (AvgIpc) is 2.88. The summed E-state index contributed by atoms with van der Waals surface area (Å²) < 4.78 is 5.72. The third kappa shape index (κ3) is 7.53. The van der Waals surface area contributed by atoms with E-state index in [1.54, 1.807) is 66.5 Å². The smallest absolute Gasteiger partial charge is 0.323 e. The minimum Gasteiger partial charge on any atom is -0.487 e. The molecule has 0 heterocycles. The number of aliphatic carboxylic acids is 1. The Morgan fingerprint density at radius 1 is 0.943 bits per heavy atom. The van der Waals surface area contributed by atoms with Gasteiger partial charge in [-0.3, -0.25) is 20.0 Å². The van der Waals surface area contributed by atoms with Gasteiger partial charge in [0.15, 0.2) is 0 Å². The van der Waals surface area contributed by atoms with Gasteiger partial charge in [-0.15, -0.1) is 0 Å². The highest BCUT2D eigenvalue weighted by molar-refractivity contribution is 6.41. The van der Waals surface area contributed by atoms with Crippen molar-refractivity contribution in [2.45, 2.75) is 13.5 Å². The number of hydrazone groups is 1. The Bertz CT molecular complexity index is 1180. The number of hydrogen-bond donors (Lipinski definition) is 2. The number of carbonyl (C=O) groups excluding carboxylic acids is 1. The lowest BCUT2D eigenvalue weighted by atomic mass is 10.1. The predicted octanol–water partition coefficient (Wildman–Crippen LogP) is 4.32. The van der Waals surface area contributed by atoms with E-state index in [0.717, 1.165) is 11.3 Å². The molecule has 0 radical (unpaired) electrons. The first-order valence-electron chi connectivity index (χ1n) is 11.0.